The van der Waals surface area contributed by atoms with Gasteiger partial charge in [0.1, 0.15) is 12.2 Å². The van der Waals surface area contributed by atoms with Crippen molar-refractivity contribution in [1.29, 1.82) is 0 Å². The van der Waals surface area contributed by atoms with Gasteiger partial charge >= 0.3 is 0 Å². The summed E-state index contributed by atoms with van der Waals surface area (Å²) < 4.78 is 0. The first-order valence-electron chi connectivity index (χ1n) is 5.18. The van der Waals surface area contributed by atoms with E-state index in [9.17, 15) is 10.2 Å². The van der Waals surface area contributed by atoms with Crippen LogP contribution >= 0.6 is 11.8 Å². The zero-order valence-corrected chi connectivity index (χ0v) is 10.3. The number of hydrogen-bond donors (Lipinski definition) is 2. The minimum atomic E-state index is -0.822. The number of aliphatic hydroxyl groups excluding tert-OH is 2. The molecule has 1 rings (SSSR count). The van der Waals surface area contributed by atoms with E-state index in [1.54, 1.807) is 11.8 Å². The largest absolute Gasteiger partial charge is 0.380 e. The molecular formula is C13H16O2S. The molecule has 3 heteroatoms. The molecule has 0 aliphatic heterocycles. The molecule has 0 spiro atoms. The van der Waals surface area contributed by atoms with Crippen molar-refractivity contribution in [2.75, 3.05) is 6.26 Å². The highest BCUT2D eigenvalue weighted by atomic mass is 32.2. The van der Waals surface area contributed by atoms with Crippen molar-refractivity contribution >= 4 is 11.8 Å². The van der Waals surface area contributed by atoms with Crippen LogP contribution in [0, 0.1) is 11.8 Å². The highest BCUT2D eigenvalue weighted by Crippen LogP contribution is 2.18. The Kier molecular flexibility index (Phi) is 5.41. The van der Waals surface area contributed by atoms with Gasteiger partial charge in [0.15, 0.2) is 0 Å². The maximum absolute atomic E-state index is 9.74. The average Bonchev–Trinajstić information content (AvgIpc) is 2.35. The van der Waals surface area contributed by atoms with Crippen LogP contribution in [0.4, 0.5) is 0 Å². The first kappa shape index (κ1) is 13.1. The van der Waals surface area contributed by atoms with Gasteiger partial charge in [0.05, 0.1) is 0 Å². The molecule has 2 N–H and O–H groups in total. The zero-order chi connectivity index (χ0) is 12.0. The lowest BCUT2D eigenvalue weighted by atomic mass is 10.1. The molecule has 0 aliphatic carbocycles. The summed E-state index contributed by atoms with van der Waals surface area (Å²) in [4.78, 5) is 1.15. The fourth-order valence-corrected chi connectivity index (χ4v) is 1.55. The number of thioether (sulfide) groups is 1. The Bertz CT molecular complexity index is 375. The van der Waals surface area contributed by atoms with Crippen LogP contribution in [-0.2, 0) is 0 Å². The molecular weight excluding hydrogens is 220 g/mol. The maximum atomic E-state index is 9.74. The molecule has 0 saturated carbocycles. The molecule has 1 aromatic rings. The molecule has 16 heavy (non-hydrogen) atoms. The molecule has 2 unspecified atom stereocenters. The summed E-state index contributed by atoms with van der Waals surface area (Å²) in [5.41, 5.74) is 0.758. The normalized spacial score (nSPS) is 13.8. The molecule has 0 aliphatic rings. The summed E-state index contributed by atoms with van der Waals surface area (Å²) in [5.74, 6) is 5.25. The van der Waals surface area contributed by atoms with Crippen molar-refractivity contribution < 1.29 is 10.2 Å². The average molecular weight is 236 g/mol. The number of rotatable bonds is 3. The van der Waals surface area contributed by atoms with Crippen LogP contribution in [0.25, 0.3) is 0 Å². The van der Waals surface area contributed by atoms with Crippen molar-refractivity contribution in [2.45, 2.75) is 30.4 Å². The van der Waals surface area contributed by atoms with Gasteiger partial charge in [0.25, 0.3) is 0 Å². The summed E-state index contributed by atoms with van der Waals surface area (Å²) >= 11 is 1.65. The van der Waals surface area contributed by atoms with Gasteiger partial charge in [-0.15, -0.1) is 11.8 Å². The highest BCUT2D eigenvalue weighted by molar-refractivity contribution is 7.98. The lowest BCUT2D eigenvalue weighted by molar-refractivity contribution is 0.221. The second-order valence-corrected chi connectivity index (χ2v) is 4.27. The van der Waals surface area contributed by atoms with Crippen molar-refractivity contribution in [3.63, 3.8) is 0 Å². The van der Waals surface area contributed by atoms with Gasteiger partial charge < -0.3 is 10.2 Å². The topological polar surface area (TPSA) is 40.5 Å². The number of benzene rings is 1. The van der Waals surface area contributed by atoms with E-state index in [0.29, 0.717) is 6.42 Å². The SMILES string of the molecule is CCC(O)C#CC(O)c1ccc(SC)cc1. The Hall–Kier alpha value is -0.950. The molecule has 0 amide bonds. The standard InChI is InChI=1S/C13H16O2S/c1-3-11(14)6-9-13(15)10-4-7-12(16-2)8-5-10/h4-5,7-8,11,13-15H,3H2,1-2H3. The lowest BCUT2D eigenvalue weighted by Crippen LogP contribution is -2.01. The molecule has 86 valence electrons. The fourth-order valence-electron chi connectivity index (χ4n) is 1.15. The maximum Gasteiger partial charge on any atom is 0.140 e. The number of aliphatic hydroxyl groups is 2. The van der Waals surface area contributed by atoms with Gasteiger partial charge in [-0.1, -0.05) is 30.9 Å². The summed E-state index contributed by atoms with van der Waals surface area (Å²) in [6, 6.07) is 7.59. The quantitative estimate of drug-likeness (QED) is 0.624. The summed E-state index contributed by atoms with van der Waals surface area (Å²) in [5, 5.41) is 19.0. The second-order valence-electron chi connectivity index (χ2n) is 3.39. The molecule has 0 fully saturated rings. The van der Waals surface area contributed by atoms with Crippen LogP contribution < -0.4 is 0 Å². The van der Waals surface area contributed by atoms with Gasteiger partial charge in [0, 0.05) is 4.90 Å². The molecule has 2 nitrogen and oxygen atoms in total. The van der Waals surface area contributed by atoms with Crippen molar-refractivity contribution in [3.8, 4) is 11.8 Å². The van der Waals surface area contributed by atoms with Gasteiger partial charge in [-0.25, -0.2) is 0 Å². The third-order valence-corrected chi connectivity index (χ3v) is 2.95. The molecule has 2 atom stereocenters. The first-order chi connectivity index (χ1) is 7.67. The van der Waals surface area contributed by atoms with E-state index in [1.807, 2.05) is 37.4 Å². The van der Waals surface area contributed by atoms with Gasteiger partial charge in [-0.05, 0) is 30.4 Å². The predicted octanol–water partition coefficient (Wildman–Crippen LogP) is 2.22. The third-order valence-electron chi connectivity index (χ3n) is 2.20. The lowest BCUT2D eigenvalue weighted by Gasteiger charge is -2.05. The van der Waals surface area contributed by atoms with Crippen molar-refractivity contribution in [2.24, 2.45) is 0 Å². The van der Waals surface area contributed by atoms with Crippen LogP contribution in [0.1, 0.15) is 25.0 Å². The van der Waals surface area contributed by atoms with E-state index in [2.05, 4.69) is 11.8 Å². The molecule has 1 aromatic carbocycles. The second kappa shape index (κ2) is 6.59. The predicted molar refractivity (Wildman–Crippen MR) is 67.3 cm³/mol. The van der Waals surface area contributed by atoms with Crippen LogP contribution in [-0.4, -0.2) is 22.6 Å². The Balaban J connectivity index is 2.71. The third kappa shape index (κ3) is 3.90. The molecule has 0 bridgehead atoms. The van der Waals surface area contributed by atoms with Crippen molar-refractivity contribution in [1.82, 2.24) is 0 Å². The Morgan fingerprint density at radius 2 is 1.81 bits per heavy atom. The fraction of sp³-hybridized carbons (Fsp3) is 0.385. The van der Waals surface area contributed by atoms with Crippen LogP contribution in [0.2, 0.25) is 0 Å². The molecule has 0 aromatic heterocycles. The van der Waals surface area contributed by atoms with E-state index >= 15 is 0 Å². The highest BCUT2D eigenvalue weighted by Gasteiger charge is 2.03. The van der Waals surface area contributed by atoms with Crippen LogP contribution in [0.3, 0.4) is 0 Å². The van der Waals surface area contributed by atoms with E-state index in [1.165, 1.54) is 0 Å². The van der Waals surface area contributed by atoms with Gasteiger partial charge in [-0.2, -0.15) is 0 Å². The monoisotopic (exact) mass is 236 g/mol. The minimum absolute atomic E-state index is 0.575. The Labute approximate surface area is 101 Å². The van der Waals surface area contributed by atoms with Crippen LogP contribution in [0.5, 0.6) is 0 Å². The Morgan fingerprint density at radius 1 is 1.19 bits per heavy atom. The Morgan fingerprint density at radius 3 is 2.31 bits per heavy atom. The smallest absolute Gasteiger partial charge is 0.140 e. The minimum Gasteiger partial charge on any atom is -0.380 e. The van der Waals surface area contributed by atoms with Crippen LogP contribution in [0.15, 0.2) is 29.2 Å². The molecule has 0 heterocycles. The van der Waals surface area contributed by atoms with Gasteiger partial charge in [-0.3, -0.25) is 0 Å². The van der Waals surface area contributed by atoms with Crippen molar-refractivity contribution in [3.05, 3.63) is 29.8 Å². The first-order valence-corrected chi connectivity index (χ1v) is 6.41. The van der Waals surface area contributed by atoms with E-state index in [-0.39, 0.29) is 0 Å². The van der Waals surface area contributed by atoms with E-state index < -0.39 is 12.2 Å². The van der Waals surface area contributed by atoms with E-state index in [0.717, 1.165) is 10.5 Å². The summed E-state index contributed by atoms with van der Waals surface area (Å²) in [6.45, 7) is 1.85. The molecule has 0 saturated heterocycles. The summed E-state index contributed by atoms with van der Waals surface area (Å²) in [7, 11) is 0. The van der Waals surface area contributed by atoms with E-state index in [4.69, 9.17) is 0 Å². The number of hydrogen-bond acceptors (Lipinski definition) is 3. The van der Waals surface area contributed by atoms with Gasteiger partial charge in [0.2, 0.25) is 0 Å². The molecule has 0 radical (unpaired) electrons. The summed E-state index contributed by atoms with van der Waals surface area (Å²) in [6.07, 6.45) is 1.10. The zero-order valence-electron chi connectivity index (χ0n) is 9.47.